The Kier molecular flexibility index (Phi) is 5.67. The summed E-state index contributed by atoms with van der Waals surface area (Å²) in [5, 5.41) is 0. The molecule has 2 aromatic rings. The summed E-state index contributed by atoms with van der Waals surface area (Å²) in [4.78, 5) is 24.3. The van der Waals surface area contributed by atoms with E-state index in [2.05, 4.69) is 0 Å². The lowest BCUT2D eigenvalue weighted by Crippen LogP contribution is -2.41. The Balaban J connectivity index is 1.69. The quantitative estimate of drug-likeness (QED) is 0.558. The summed E-state index contributed by atoms with van der Waals surface area (Å²) < 4.78 is 44.7. The number of carbonyl (C=O) groups excluding carboxylic acids is 2. The summed E-state index contributed by atoms with van der Waals surface area (Å²) in [5.41, 5.74) is 0.410. The van der Waals surface area contributed by atoms with Crippen molar-refractivity contribution in [2.45, 2.75) is 23.8 Å². The van der Waals surface area contributed by atoms with Gasteiger partial charge in [-0.25, -0.2) is 12.8 Å². The van der Waals surface area contributed by atoms with E-state index in [1.165, 1.54) is 0 Å². The fraction of sp³-hybridized carbons (Fsp3) is 0.263. The zero-order chi connectivity index (χ0) is 19.4. The summed E-state index contributed by atoms with van der Waals surface area (Å²) in [6.07, 6.45) is 0.797. The molecule has 1 saturated heterocycles. The van der Waals surface area contributed by atoms with E-state index in [1.807, 2.05) is 0 Å². The number of esters is 1. The number of halogens is 1. The first kappa shape index (κ1) is 19.2. The van der Waals surface area contributed by atoms with Crippen molar-refractivity contribution in [3.05, 3.63) is 66.0 Å². The molecule has 2 aromatic carbocycles. The Labute approximate surface area is 156 Å². The van der Waals surface area contributed by atoms with Gasteiger partial charge in [0.2, 0.25) is 10.0 Å². The van der Waals surface area contributed by atoms with Gasteiger partial charge in [-0.15, -0.1) is 0 Å². The minimum Gasteiger partial charge on any atom is -0.456 e. The molecule has 0 N–H and O–H groups in total. The number of rotatable bonds is 6. The average molecular weight is 391 g/mol. The van der Waals surface area contributed by atoms with Crippen molar-refractivity contribution in [2.24, 2.45) is 0 Å². The minimum atomic E-state index is -3.96. The molecule has 142 valence electrons. The van der Waals surface area contributed by atoms with Crippen LogP contribution in [0.4, 0.5) is 4.39 Å². The van der Waals surface area contributed by atoms with Crippen molar-refractivity contribution < 1.29 is 27.1 Å². The van der Waals surface area contributed by atoms with Gasteiger partial charge in [0.05, 0.1) is 4.90 Å². The van der Waals surface area contributed by atoms with Crippen LogP contribution in [0.5, 0.6) is 0 Å². The molecule has 1 heterocycles. The average Bonchev–Trinajstić information content (AvgIpc) is 3.18. The Bertz CT molecular complexity index is 928. The monoisotopic (exact) mass is 391 g/mol. The molecule has 0 radical (unpaired) electrons. The lowest BCUT2D eigenvalue weighted by atomic mass is 10.1. The van der Waals surface area contributed by atoms with E-state index in [4.69, 9.17) is 4.74 Å². The van der Waals surface area contributed by atoms with Gasteiger partial charge in [0.25, 0.3) is 0 Å². The Morgan fingerprint density at radius 3 is 2.41 bits per heavy atom. The van der Waals surface area contributed by atoms with Crippen LogP contribution in [0.3, 0.4) is 0 Å². The molecular weight excluding hydrogens is 373 g/mol. The number of carbonyl (C=O) groups is 2. The largest absolute Gasteiger partial charge is 0.456 e. The third-order valence-corrected chi connectivity index (χ3v) is 6.26. The lowest BCUT2D eigenvalue weighted by Gasteiger charge is -2.22. The predicted octanol–water partition coefficient (Wildman–Crippen LogP) is 2.40. The van der Waals surface area contributed by atoms with E-state index in [9.17, 15) is 22.4 Å². The number of hydrogen-bond acceptors (Lipinski definition) is 5. The van der Waals surface area contributed by atoms with Crippen LogP contribution in [0.2, 0.25) is 0 Å². The molecule has 8 heteroatoms. The Morgan fingerprint density at radius 1 is 1.07 bits per heavy atom. The van der Waals surface area contributed by atoms with Gasteiger partial charge in [-0.1, -0.05) is 30.3 Å². The molecule has 0 spiro atoms. The first-order chi connectivity index (χ1) is 12.9. The molecule has 0 amide bonds. The van der Waals surface area contributed by atoms with Crippen molar-refractivity contribution in [2.75, 3.05) is 13.2 Å². The fourth-order valence-corrected chi connectivity index (χ4v) is 4.59. The van der Waals surface area contributed by atoms with Crippen LogP contribution in [0, 0.1) is 5.82 Å². The SMILES string of the molecule is O=C(COC(=O)[C@@H]1CCCN1S(=O)(=O)c1ccc(F)cc1)c1ccccc1. The second-order valence-electron chi connectivity index (χ2n) is 6.12. The predicted molar refractivity (Wildman–Crippen MR) is 95.0 cm³/mol. The van der Waals surface area contributed by atoms with Gasteiger partial charge in [-0.2, -0.15) is 4.31 Å². The van der Waals surface area contributed by atoms with Crippen LogP contribution < -0.4 is 0 Å². The molecule has 0 aromatic heterocycles. The highest BCUT2D eigenvalue weighted by molar-refractivity contribution is 7.89. The van der Waals surface area contributed by atoms with Crippen LogP contribution in [0.15, 0.2) is 59.5 Å². The number of benzene rings is 2. The summed E-state index contributed by atoms with van der Waals surface area (Å²) >= 11 is 0. The third-order valence-electron chi connectivity index (χ3n) is 4.34. The molecule has 0 aliphatic carbocycles. The normalized spacial score (nSPS) is 17.6. The van der Waals surface area contributed by atoms with Crippen molar-refractivity contribution in [3.63, 3.8) is 0 Å². The van der Waals surface area contributed by atoms with Crippen LogP contribution in [0.25, 0.3) is 0 Å². The standard InChI is InChI=1S/C19H18FNO5S/c20-15-8-10-16(11-9-15)27(24,25)21-12-4-7-17(21)19(23)26-13-18(22)14-5-2-1-3-6-14/h1-3,5-6,8-11,17H,4,7,12-13H2/t17-/m0/s1. The zero-order valence-electron chi connectivity index (χ0n) is 14.4. The van der Waals surface area contributed by atoms with E-state index >= 15 is 0 Å². The second-order valence-corrected chi connectivity index (χ2v) is 8.02. The molecule has 1 aliphatic heterocycles. The Hall–Kier alpha value is -2.58. The maximum absolute atomic E-state index is 13.1. The van der Waals surface area contributed by atoms with Crippen molar-refractivity contribution in [1.82, 2.24) is 4.31 Å². The second kappa shape index (κ2) is 7.98. The van der Waals surface area contributed by atoms with E-state index < -0.39 is 34.5 Å². The topological polar surface area (TPSA) is 80.8 Å². The van der Waals surface area contributed by atoms with Crippen LogP contribution in [0.1, 0.15) is 23.2 Å². The smallest absolute Gasteiger partial charge is 0.324 e. The first-order valence-electron chi connectivity index (χ1n) is 8.42. The summed E-state index contributed by atoms with van der Waals surface area (Å²) in [6.45, 7) is -0.296. The zero-order valence-corrected chi connectivity index (χ0v) is 15.2. The molecule has 0 unspecified atom stereocenters. The highest BCUT2D eigenvalue weighted by Crippen LogP contribution is 2.27. The Morgan fingerprint density at radius 2 is 1.74 bits per heavy atom. The molecular formula is C19H18FNO5S. The highest BCUT2D eigenvalue weighted by atomic mass is 32.2. The van der Waals surface area contributed by atoms with Crippen molar-refractivity contribution in [3.8, 4) is 0 Å². The first-order valence-corrected chi connectivity index (χ1v) is 9.86. The van der Waals surface area contributed by atoms with Gasteiger partial charge in [0.15, 0.2) is 12.4 Å². The molecule has 3 rings (SSSR count). The summed E-state index contributed by atoms with van der Waals surface area (Å²) in [7, 11) is -3.96. The van der Waals surface area contributed by atoms with Crippen LogP contribution in [-0.2, 0) is 19.6 Å². The highest BCUT2D eigenvalue weighted by Gasteiger charge is 2.40. The number of hydrogen-bond donors (Lipinski definition) is 0. The van der Waals surface area contributed by atoms with Crippen molar-refractivity contribution in [1.29, 1.82) is 0 Å². The van der Waals surface area contributed by atoms with E-state index in [0.29, 0.717) is 18.4 Å². The number of sulfonamides is 1. The number of ketones is 1. The summed E-state index contributed by atoms with van der Waals surface area (Å²) in [5.74, 6) is -1.68. The number of Topliss-reactive ketones (excluding diaryl/α,β-unsaturated/α-hetero) is 1. The molecule has 1 aliphatic rings. The van der Waals surface area contributed by atoms with E-state index in [-0.39, 0.29) is 17.2 Å². The van der Waals surface area contributed by atoms with Gasteiger partial charge < -0.3 is 4.74 Å². The van der Waals surface area contributed by atoms with Gasteiger partial charge in [0.1, 0.15) is 11.9 Å². The van der Waals surface area contributed by atoms with Gasteiger partial charge in [-0.3, -0.25) is 9.59 Å². The maximum Gasteiger partial charge on any atom is 0.324 e. The summed E-state index contributed by atoms with van der Waals surface area (Å²) in [6, 6.07) is 11.8. The minimum absolute atomic E-state index is 0.0936. The van der Waals surface area contributed by atoms with Gasteiger partial charge in [0, 0.05) is 12.1 Å². The fourth-order valence-electron chi connectivity index (χ4n) is 2.95. The molecule has 6 nitrogen and oxygen atoms in total. The lowest BCUT2D eigenvalue weighted by molar-refractivity contribution is -0.146. The van der Waals surface area contributed by atoms with Gasteiger partial charge in [-0.05, 0) is 37.1 Å². The molecule has 27 heavy (non-hydrogen) atoms. The molecule has 1 atom stereocenters. The molecule has 0 bridgehead atoms. The van der Waals surface area contributed by atoms with Crippen LogP contribution >= 0.6 is 0 Å². The van der Waals surface area contributed by atoms with Crippen molar-refractivity contribution >= 4 is 21.8 Å². The van der Waals surface area contributed by atoms with E-state index in [1.54, 1.807) is 30.3 Å². The molecule has 1 fully saturated rings. The number of nitrogens with zero attached hydrogens (tertiary/aromatic N) is 1. The third kappa shape index (κ3) is 4.23. The maximum atomic E-state index is 13.1. The van der Waals surface area contributed by atoms with Gasteiger partial charge >= 0.3 is 5.97 Å². The van der Waals surface area contributed by atoms with E-state index in [0.717, 1.165) is 28.6 Å². The van der Waals surface area contributed by atoms with Crippen LogP contribution in [-0.4, -0.2) is 43.7 Å². The number of ether oxygens (including phenoxy) is 1. The molecule has 0 saturated carbocycles.